The lowest BCUT2D eigenvalue weighted by atomic mass is 9.89. The first-order valence-corrected chi connectivity index (χ1v) is 8.02. The van der Waals surface area contributed by atoms with Crippen LogP contribution in [0.5, 0.6) is 0 Å². The van der Waals surface area contributed by atoms with Gasteiger partial charge >= 0.3 is 0 Å². The van der Waals surface area contributed by atoms with Gasteiger partial charge in [0.25, 0.3) is 0 Å². The van der Waals surface area contributed by atoms with Crippen LogP contribution >= 0.6 is 0 Å². The van der Waals surface area contributed by atoms with Gasteiger partial charge in [-0.15, -0.1) is 0 Å². The summed E-state index contributed by atoms with van der Waals surface area (Å²) in [6, 6.07) is 10.4. The number of ether oxygens (including phenoxy) is 2. The molecule has 1 fully saturated rings. The van der Waals surface area contributed by atoms with Gasteiger partial charge < -0.3 is 9.47 Å². The van der Waals surface area contributed by atoms with Crippen molar-refractivity contribution >= 4 is 5.70 Å². The number of hydrogen-bond acceptors (Lipinski definition) is 4. The average molecular weight is 313 g/mol. The highest BCUT2D eigenvalue weighted by Gasteiger charge is 2.31. The standard InChI is InChI=1S/C18H23N3O2/c1-3-17-22-11-18(2,12-23-17)10-16(21-14-19-13-20-21)9-15-7-5-4-6-8-15/h4-8,10,13-14,17H,3,9,11-12H2,1-2H3. The summed E-state index contributed by atoms with van der Waals surface area (Å²) in [5, 5.41) is 4.30. The summed E-state index contributed by atoms with van der Waals surface area (Å²) in [5.74, 6) is 0. The van der Waals surface area contributed by atoms with Crippen LogP contribution in [-0.2, 0) is 15.9 Å². The van der Waals surface area contributed by atoms with Gasteiger partial charge in [-0.1, -0.05) is 50.3 Å². The minimum Gasteiger partial charge on any atom is -0.352 e. The van der Waals surface area contributed by atoms with Crippen LogP contribution in [-0.4, -0.2) is 34.3 Å². The molecule has 0 amide bonds. The van der Waals surface area contributed by atoms with E-state index in [1.165, 1.54) is 5.56 Å². The third-order valence-corrected chi connectivity index (χ3v) is 3.99. The zero-order chi connectivity index (χ0) is 16.1. The van der Waals surface area contributed by atoms with Gasteiger partial charge in [0, 0.05) is 17.5 Å². The minimum absolute atomic E-state index is 0.0829. The lowest BCUT2D eigenvalue weighted by Gasteiger charge is -2.35. The van der Waals surface area contributed by atoms with Crippen LogP contribution in [0.25, 0.3) is 5.70 Å². The van der Waals surface area contributed by atoms with Gasteiger partial charge in [0.05, 0.1) is 13.2 Å². The van der Waals surface area contributed by atoms with Gasteiger partial charge in [-0.25, -0.2) is 9.67 Å². The fourth-order valence-corrected chi connectivity index (χ4v) is 2.74. The molecule has 1 aromatic carbocycles. The molecule has 0 N–H and O–H groups in total. The highest BCUT2D eigenvalue weighted by atomic mass is 16.7. The molecule has 0 saturated carbocycles. The van der Waals surface area contributed by atoms with E-state index >= 15 is 0 Å². The van der Waals surface area contributed by atoms with Crippen molar-refractivity contribution in [3.8, 4) is 0 Å². The van der Waals surface area contributed by atoms with E-state index in [0.29, 0.717) is 13.2 Å². The van der Waals surface area contributed by atoms with Crippen LogP contribution in [0.1, 0.15) is 25.8 Å². The Morgan fingerprint density at radius 1 is 1.30 bits per heavy atom. The van der Waals surface area contributed by atoms with Crippen molar-refractivity contribution in [2.24, 2.45) is 5.41 Å². The molecule has 1 saturated heterocycles. The van der Waals surface area contributed by atoms with Crippen molar-refractivity contribution in [2.45, 2.75) is 33.0 Å². The summed E-state index contributed by atoms with van der Waals surface area (Å²) in [6.07, 6.45) is 7.08. The minimum atomic E-state index is -0.165. The number of hydrogen-bond donors (Lipinski definition) is 0. The van der Waals surface area contributed by atoms with E-state index in [0.717, 1.165) is 18.5 Å². The van der Waals surface area contributed by atoms with Crippen LogP contribution in [0.3, 0.4) is 0 Å². The smallest absolute Gasteiger partial charge is 0.157 e. The summed E-state index contributed by atoms with van der Waals surface area (Å²) < 4.78 is 13.4. The van der Waals surface area contributed by atoms with Crippen molar-refractivity contribution in [3.05, 3.63) is 54.6 Å². The number of nitrogens with zero attached hydrogens (tertiary/aromatic N) is 3. The fourth-order valence-electron chi connectivity index (χ4n) is 2.74. The molecule has 0 aliphatic carbocycles. The Hall–Kier alpha value is -1.98. The summed E-state index contributed by atoms with van der Waals surface area (Å²) in [4.78, 5) is 4.07. The Morgan fingerprint density at radius 2 is 2.04 bits per heavy atom. The summed E-state index contributed by atoms with van der Waals surface area (Å²) >= 11 is 0. The first-order valence-electron chi connectivity index (χ1n) is 8.02. The van der Waals surface area contributed by atoms with Crippen molar-refractivity contribution in [1.29, 1.82) is 0 Å². The summed E-state index contributed by atoms with van der Waals surface area (Å²) in [6.45, 7) is 5.52. The molecule has 0 bridgehead atoms. The lowest BCUT2D eigenvalue weighted by Crippen LogP contribution is -2.38. The highest BCUT2D eigenvalue weighted by Crippen LogP contribution is 2.29. The van der Waals surface area contributed by atoms with E-state index in [1.807, 2.05) is 10.7 Å². The molecular weight excluding hydrogens is 290 g/mol. The molecule has 23 heavy (non-hydrogen) atoms. The molecule has 5 heteroatoms. The third-order valence-electron chi connectivity index (χ3n) is 3.99. The van der Waals surface area contributed by atoms with E-state index < -0.39 is 0 Å². The SMILES string of the molecule is CCC1OCC(C)(C=C(Cc2ccccc2)n2cncn2)CO1. The quantitative estimate of drug-likeness (QED) is 0.851. The molecule has 0 spiro atoms. The van der Waals surface area contributed by atoms with Crippen LogP contribution in [0.4, 0.5) is 0 Å². The zero-order valence-electron chi connectivity index (χ0n) is 13.7. The van der Waals surface area contributed by atoms with E-state index in [2.05, 4.69) is 54.3 Å². The monoisotopic (exact) mass is 313 g/mol. The van der Waals surface area contributed by atoms with Gasteiger partial charge in [0.15, 0.2) is 6.29 Å². The third kappa shape index (κ3) is 4.06. The lowest BCUT2D eigenvalue weighted by molar-refractivity contribution is -0.215. The molecule has 1 aliphatic rings. The maximum atomic E-state index is 5.80. The summed E-state index contributed by atoms with van der Waals surface area (Å²) in [5.41, 5.74) is 2.15. The van der Waals surface area contributed by atoms with Crippen LogP contribution in [0.15, 0.2) is 49.1 Å². The average Bonchev–Trinajstić information content (AvgIpc) is 3.10. The Balaban J connectivity index is 1.83. The zero-order valence-corrected chi connectivity index (χ0v) is 13.7. The van der Waals surface area contributed by atoms with Gasteiger partial charge in [-0.3, -0.25) is 0 Å². The second-order valence-electron chi connectivity index (χ2n) is 6.25. The molecule has 5 nitrogen and oxygen atoms in total. The molecule has 2 aromatic rings. The molecular formula is C18H23N3O2. The number of allylic oxidation sites excluding steroid dienone is 1. The van der Waals surface area contributed by atoms with Crippen LogP contribution < -0.4 is 0 Å². The fraction of sp³-hybridized carbons (Fsp3) is 0.444. The molecule has 0 unspecified atom stereocenters. The van der Waals surface area contributed by atoms with Gasteiger partial charge in [0.2, 0.25) is 0 Å². The second kappa shape index (κ2) is 7.06. The van der Waals surface area contributed by atoms with E-state index in [1.54, 1.807) is 12.7 Å². The molecule has 2 heterocycles. The predicted molar refractivity (Wildman–Crippen MR) is 88.5 cm³/mol. The molecule has 3 rings (SSSR count). The first-order chi connectivity index (χ1) is 11.2. The Labute approximate surface area is 136 Å². The molecule has 0 radical (unpaired) electrons. The first kappa shape index (κ1) is 15.9. The van der Waals surface area contributed by atoms with Gasteiger partial charge in [-0.05, 0) is 12.0 Å². The molecule has 1 aliphatic heterocycles. The Bertz CT molecular complexity index is 630. The van der Waals surface area contributed by atoms with Crippen molar-refractivity contribution in [2.75, 3.05) is 13.2 Å². The Kier molecular flexibility index (Phi) is 4.88. The van der Waals surface area contributed by atoms with Crippen LogP contribution in [0.2, 0.25) is 0 Å². The van der Waals surface area contributed by atoms with Crippen LogP contribution in [0, 0.1) is 5.41 Å². The maximum absolute atomic E-state index is 5.80. The van der Waals surface area contributed by atoms with Crippen molar-refractivity contribution in [1.82, 2.24) is 14.8 Å². The topological polar surface area (TPSA) is 49.2 Å². The number of benzene rings is 1. The van der Waals surface area contributed by atoms with E-state index in [-0.39, 0.29) is 11.7 Å². The van der Waals surface area contributed by atoms with Gasteiger partial charge in [-0.2, -0.15) is 5.10 Å². The molecule has 0 atom stereocenters. The van der Waals surface area contributed by atoms with E-state index in [9.17, 15) is 0 Å². The molecule has 122 valence electrons. The largest absolute Gasteiger partial charge is 0.352 e. The highest BCUT2D eigenvalue weighted by molar-refractivity contribution is 5.49. The Morgan fingerprint density at radius 3 is 2.65 bits per heavy atom. The summed E-state index contributed by atoms with van der Waals surface area (Å²) in [7, 11) is 0. The normalized spacial score (nSPS) is 25.5. The predicted octanol–water partition coefficient (Wildman–Crippen LogP) is 3.15. The number of rotatable bonds is 5. The van der Waals surface area contributed by atoms with Crippen molar-refractivity contribution in [3.63, 3.8) is 0 Å². The van der Waals surface area contributed by atoms with Crippen molar-refractivity contribution < 1.29 is 9.47 Å². The molecule has 1 aromatic heterocycles. The maximum Gasteiger partial charge on any atom is 0.157 e. The second-order valence-corrected chi connectivity index (χ2v) is 6.25. The number of aromatic nitrogens is 3. The van der Waals surface area contributed by atoms with E-state index in [4.69, 9.17) is 9.47 Å². The van der Waals surface area contributed by atoms with Gasteiger partial charge in [0.1, 0.15) is 12.7 Å².